The number of hydrogen-bond donors (Lipinski definition) is 2. The van der Waals surface area contributed by atoms with E-state index in [9.17, 15) is 9.18 Å². The van der Waals surface area contributed by atoms with Crippen molar-refractivity contribution in [1.29, 1.82) is 0 Å². The first kappa shape index (κ1) is 14.3. The normalized spacial score (nSPS) is 11.0. The summed E-state index contributed by atoms with van der Waals surface area (Å²) in [5.41, 5.74) is 8.22. The summed E-state index contributed by atoms with van der Waals surface area (Å²) in [5.74, 6) is -0.897. The SMILES string of the molecule is Nc1nonc1-n1cc(C(=O)NN=Cc2cccc(F)c2)nn1. The summed E-state index contributed by atoms with van der Waals surface area (Å²) in [6, 6.07) is 5.74. The molecule has 2 heterocycles. The number of hydrazone groups is 1. The molecule has 0 saturated heterocycles. The molecule has 11 heteroatoms. The van der Waals surface area contributed by atoms with E-state index < -0.39 is 11.7 Å². The van der Waals surface area contributed by atoms with Crippen LogP contribution in [0.2, 0.25) is 0 Å². The molecule has 0 unspecified atom stereocenters. The molecular formula is C12H9FN8O2. The molecule has 116 valence electrons. The second-order valence-corrected chi connectivity index (χ2v) is 4.28. The Bertz CT molecular complexity index is 871. The maximum absolute atomic E-state index is 13.0. The summed E-state index contributed by atoms with van der Waals surface area (Å²) < 4.78 is 18.5. The highest BCUT2D eigenvalue weighted by Crippen LogP contribution is 2.09. The third-order valence-electron chi connectivity index (χ3n) is 2.67. The van der Waals surface area contributed by atoms with E-state index in [1.54, 1.807) is 6.07 Å². The Morgan fingerprint density at radius 2 is 2.30 bits per heavy atom. The largest absolute Gasteiger partial charge is 0.378 e. The van der Waals surface area contributed by atoms with Crippen molar-refractivity contribution in [2.24, 2.45) is 5.10 Å². The van der Waals surface area contributed by atoms with Crippen molar-refractivity contribution in [3.63, 3.8) is 0 Å². The van der Waals surface area contributed by atoms with Crippen molar-refractivity contribution in [1.82, 2.24) is 30.7 Å². The number of amides is 1. The first-order chi connectivity index (χ1) is 11.1. The number of nitrogens with zero attached hydrogens (tertiary/aromatic N) is 6. The standard InChI is InChI=1S/C12H9FN8O2/c13-8-3-1-2-7(4-8)5-15-17-12(22)9-6-21(20-16-9)11-10(14)18-23-19-11/h1-6H,(H2,14,18)(H,17,22). The molecule has 2 aromatic heterocycles. The van der Waals surface area contributed by atoms with Crippen LogP contribution >= 0.6 is 0 Å². The quantitative estimate of drug-likeness (QED) is 0.515. The number of halogens is 1. The van der Waals surface area contributed by atoms with Crippen LogP contribution in [0.1, 0.15) is 16.1 Å². The van der Waals surface area contributed by atoms with Crippen molar-refractivity contribution < 1.29 is 13.8 Å². The molecule has 0 fully saturated rings. The number of nitrogen functional groups attached to an aromatic ring is 1. The lowest BCUT2D eigenvalue weighted by molar-refractivity contribution is 0.0950. The number of hydrogen-bond acceptors (Lipinski definition) is 8. The van der Waals surface area contributed by atoms with E-state index in [-0.39, 0.29) is 17.3 Å². The lowest BCUT2D eigenvalue weighted by Gasteiger charge is -1.95. The number of aromatic nitrogens is 5. The smallest absolute Gasteiger partial charge is 0.293 e. The maximum atomic E-state index is 13.0. The van der Waals surface area contributed by atoms with Crippen LogP contribution in [0.25, 0.3) is 5.82 Å². The van der Waals surface area contributed by atoms with Crippen LogP contribution in [-0.4, -0.2) is 37.4 Å². The number of nitrogens with two attached hydrogens (primary N) is 1. The second-order valence-electron chi connectivity index (χ2n) is 4.28. The van der Waals surface area contributed by atoms with Crippen LogP contribution in [0.4, 0.5) is 10.2 Å². The molecule has 0 aliphatic rings. The minimum atomic E-state index is -0.612. The highest BCUT2D eigenvalue weighted by atomic mass is 19.1. The van der Waals surface area contributed by atoms with Gasteiger partial charge in [0.15, 0.2) is 5.69 Å². The summed E-state index contributed by atoms with van der Waals surface area (Å²) in [5, 5.41) is 18.0. The number of nitrogens with one attached hydrogen (secondary N) is 1. The molecule has 0 spiro atoms. The van der Waals surface area contributed by atoms with Crippen molar-refractivity contribution in [3.8, 4) is 5.82 Å². The van der Waals surface area contributed by atoms with Crippen LogP contribution in [0.5, 0.6) is 0 Å². The van der Waals surface area contributed by atoms with Crippen molar-refractivity contribution >= 4 is 17.9 Å². The van der Waals surface area contributed by atoms with E-state index in [0.717, 1.165) is 4.68 Å². The van der Waals surface area contributed by atoms with E-state index in [0.29, 0.717) is 5.56 Å². The Labute approximate surface area is 127 Å². The summed E-state index contributed by atoms with van der Waals surface area (Å²) in [4.78, 5) is 11.9. The zero-order chi connectivity index (χ0) is 16.2. The van der Waals surface area contributed by atoms with Crippen LogP contribution < -0.4 is 11.2 Å². The predicted molar refractivity (Wildman–Crippen MR) is 75.1 cm³/mol. The van der Waals surface area contributed by atoms with Crippen molar-refractivity contribution in [3.05, 3.63) is 47.5 Å². The van der Waals surface area contributed by atoms with E-state index >= 15 is 0 Å². The van der Waals surface area contributed by atoms with Crippen LogP contribution in [0.3, 0.4) is 0 Å². The van der Waals surface area contributed by atoms with Gasteiger partial charge in [-0.1, -0.05) is 17.3 Å². The number of carbonyl (C=O) groups excluding carboxylic acids is 1. The molecule has 10 nitrogen and oxygen atoms in total. The average Bonchev–Trinajstić information content (AvgIpc) is 3.15. The number of rotatable bonds is 4. The third-order valence-corrected chi connectivity index (χ3v) is 2.67. The molecule has 0 aliphatic heterocycles. The second kappa shape index (κ2) is 6.01. The van der Waals surface area contributed by atoms with E-state index in [1.807, 2.05) is 0 Å². The molecule has 3 rings (SSSR count). The average molecular weight is 316 g/mol. The first-order valence-electron chi connectivity index (χ1n) is 6.23. The van der Waals surface area contributed by atoms with E-state index in [2.05, 4.69) is 35.8 Å². The Kier molecular flexibility index (Phi) is 3.74. The summed E-state index contributed by atoms with van der Waals surface area (Å²) >= 11 is 0. The van der Waals surface area contributed by atoms with Crippen LogP contribution in [0.15, 0.2) is 40.2 Å². The molecule has 0 aliphatic carbocycles. The fourth-order valence-electron chi connectivity index (χ4n) is 1.63. The van der Waals surface area contributed by atoms with Gasteiger partial charge < -0.3 is 5.73 Å². The van der Waals surface area contributed by atoms with Crippen LogP contribution in [-0.2, 0) is 0 Å². The van der Waals surface area contributed by atoms with Gasteiger partial charge in [-0.15, -0.1) is 5.10 Å². The highest BCUT2D eigenvalue weighted by molar-refractivity contribution is 5.92. The Morgan fingerprint density at radius 1 is 1.43 bits per heavy atom. The monoisotopic (exact) mass is 316 g/mol. The summed E-state index contributed by atoms with van der Waals surface area (Å²) in [7, 11) is 0. The number of carbonyl (C=O) groups is 1. The van der Waals surface area contributed by atoms with E-state index in [4.69, 9.17) is 5.73 Å². The highest BCUT2D eigenvalue weighted by Gasteiger charge is 2.15. The zero-order valence-electron chi connectivity index (χ0n) is 11.4. The Hall–Kier alpha value is -3.63. The summed E-state index contributed by atoms with van der Waals surface area (Å²) in [6.45, 7) is 0. The maximum Gasteiger partial charge on any atom is 0.293 e. The van der Waals surface area contributed by atoms with Gasteiger partial charge in [0.1, 0.15) is 5.82 Å². The number of anilines is 1. The van der Waals surface area contributed by atoms with Gasteiger partial charge in [0.2, 0.25) is 11.6 Å². The lowest BCUT2D eigenvalue weighted by atomic mass is 10.2. The van der Waals surface area contributed by atoms with Crippen LogP contribution in [0, 0.1) is 5.82 Å². The topological polar surface area (TPSA) is 137 Å². The van der Waals surface area contributed by atoms with Gasteiger partial charge in [-0.3, -0.25) is 4.79 Å². The predicted octanol–water partition coefficient (Wildman–Crippen LogP) is 0.135. The van der Waals surface area contributed by atoms with E-state index in [1.165, 1.54) is 30.6 Å². The molecule has 1 aromatic carbocycles. The lowest BCUT2D eigenvalue weighted by Crippen LogP contribution is -2.18. The third kappa shape index (κ3) is 3.18. The van der Waals surface area contributed by atoms with Crippen molar-refractivity contribution in [2.45, 2.75) is 0 Å². The Morgan fingerprint density at radius 3 is 3.04 bits per heavy atom. The van der Waals surface area contributed by atoms with Crippen molar-refractivity contribution in [2.75, 3.05) is 5.73 Å². The molecule has 0 bridgehead atoms. The van der Waals surface area contributed by atoms with Gasteiger partial charge in [0.25, 0.3) is 5.91 Å². The zero-order valence-corrected chi connectivity index (χ0v) is 11.4. The molecule has 3 aromatic rings. The minimum absolute atomic E-state index is 0.00554. The van der Waals surface area contributed by atoms with Gasteiger partial charge in [-0.25, -0.2) is 14.4 Å². The molecule has 23 heavy (non-hydrogen) atoms. The Balaban J connectivity index is 1.67. The van der Waals surface area contributed by atoms with Gasteiger partial charge in [0, 0.05) is 0 Å². The van der Waals surface area contributed by atoms with Gasteiger partial charge in [-0.2, -0.15) is 9.78 Å². The molecule has 0 radical (unpaired) electrons. The minimum Gasteiger partial charge on any atom is -0.378 e. The fraction of sp³-hybridized carbons (Fsp3) is 0. The van der Waals surface area contributed by atoms with Gasteiger partial charge in [0.05, 0.1) is 12.4 Å². The molecule has 0 saturated carbocycles. The summed E-state index contributed by atoms with van der Waals surface area (Å²) in [6.07, 6.45) is 2.58. The number of benzene rings is 1. The van der Waals surface area contributed by atoms with Gasteiger partial charge in [-0.05, 0) is 28.0 Å². The first-order valence-corrected chi connectivity index (χ1v) is 6.23. The molecule has 3 N–H and O–H groups in total. The van der Waals surface area contributed by atoms with Gasteiger partial charge >= 0.3 is 0 Å². The molecule has 0 atom stereocenters. The molecule has 1 amide bonds. The fourth-order valence-corrected chi connectivity index (χ4v) is 1.63. The molecular weight excluding hydrogens is 307 g/mol.